The third kappa shape index (κ3) is 3.17. The van der Waals surface area contributed by atoms with Crippen LogP contribution in [0.2, 0.25) is 0 Å². The molecule has 0 bridgehead atoms. The van der Waals surface area contributed by atoms with Crippen LogP contribution < -0.4 is 0 Å². The minimum atomic E-state index is -0.515. The summed E-state index contributed by atoms with van der Waals surface area (Å²) in [5.74, 6) is 0.0833. The van der Waals surface area contributed by atoms with Gasteiger partial charge in [-0.25, -0.2) is 4.79 Å². The first kappa shape index (κ1) is 16.6. The zero-order chi connectivity index (χ0) is 18.1. The first-order valence-corrected chi connectivity index (χ1v) is 8.91. The summed E-state index contributed by atoms with van der Waals surface area (Å²) < 4.78 is 5.51. The topological polar surface area (TPSA) is 49.9 Å². The molecule has 0 radical (unpaired) electrons. The van der Waals surface area contributed by atoms with E-state index < -0.39 is 5.60 Å². The highest BCUT2D eigenvalue weighted by Gasteiger charge is 2.49. The van der Waals surface area contributed by atoms with Crippen LogP contribution in [-0.2, 0) is 16.0 Å². The summed E-state index contributed by atoms with van der Waals surface area (Å²) in [5.41, 5.74) is 2.79. The fourth-order valence-electron chi connectivity index (χ4n) is 3.79. The van der Waals surface area contributed by atoms with Crippen LogP contribution in [0.4, 0.5) is 4.79 Å². The highest BCUT2D eigenvalue weighted by Crippen LogP contribution is 2.32. The quantitative estimate of drug-likeness (QED) is 0.855. The molecule has 1 atom stereocenters. The Morgan fingerprint density at radius 1 is 1.04 bits per heavy atom. The summed E-state index contributed by atoms with van der Waals surface area (Å²) >= 11 is 0. The van der Waals surface area contributed by atoms with Crippen LogP contribution in [0.25, 0.3) is 11.1 Å². The molecule has 2 fully saturated rings. The number of ether oxygens (including phenoxy) is 1. The van der Waals surface area contributed by atoms with Gasteiger partial charge in [-0.05, 0) is 16.7 Å². The molecule has 2 aliphatic heterocycles. The van der Waals surface area contributed by atoms with Crippen LogP contribution in [0.15, 0.2) is 54.6 Å². The number of amides is 2. The number of likely N-dealkylation sites (tertiary alicyclic amines) is 1. The van der Waals surface area contributed by atoms with Crippen molar-refractivity contribution < 1.29 is 14.3 Å². The van der Waals surface area contributed by atoms with E-state index in [1.165, 1.54) is 5.56 Å². The molecular formula is C21H22N2O3. The van der Waals surface area contributed by atoms with E-state index in [0.717, 1.165) is 11.1 Å². The Labute approximate surface area is 153 Å². The van der Waals surface area contributed by atoms with Gasteiger partial charge in [-0.2, -0.15) is 0 Å². The van der Waals surface area contributed by atoms with E-state index in [1.54, 1.807) is 11.9 Å². The van der Waals surface area contributed by atoms with E-state index in [2.05, 4.69) is 24.3 Å². The molecule has 0 N–H and O–H groups in total. The van der Waals surface area contributed by atoms with Crippen LogP contribution in [-0.4, -0.2) is 54.1 Å². The van der Waals surface area contributed by atoms with Crippen LogP contribution in [0, 0.1) is 0 Å². The number of likely N-dealkylation sites (N-methyl/N-ethyl adjacent to an activating group) is 1. The molecule has 2 amide bonds. The second-order valence-electron chi connectivity index (χ2n) is 7.21. The highest BCUT2D eigenvalue weighted by molar-refractivity contribution is 5.80. The zero-order valence-electron chi connectivity index (χ0n) is 14.9. The van der Waals surface area contributed by atoms with Gasteiger partial charge >= 0.3 is 6.09 Å². The lowest BCUT2D eigenvalue weighted by atomic mass is 10.0. The zero-order valence-corrected chi connectivity index (χ0v) is 14.9. The van der Waals surface area contributed by atoms with Crippen LogP contribution in [0.1, 0.15) is 12.0 Å². The van der Waals surface area contributed by atoms with Crippen molar-refractivity contribution in [1.29, 1.82) is 0 Å². The summed E-state index contributed by atoms with van der Waals surface area (Å²) in [7, 11) is 1.73. The molecule has 0 unspecified atom stereocenters. The maximum atomic E-state index is 12.6. The third-order valence-electron chi connectivity index (χ3n) is 5.23. The van der Waals surface area contributed by atoms with Gasteiger partial charge in [0, 0.05) is 20.0 Å². The van der Waals surface area contributed by atoms with Gasteiger partial charge in [0.05, 0.1) is 19.5 Å². The standard InChI is InChI=1S/C21H22N2O3/c1-22-14-21(26-20(22)25)11-12-23(15-21)19(24)13-16-7-9-18(10-8-16)17-5-3-2-4-6-17/h2-10H,11-15H2,1H3/t21-/m1/s1. The molecular weight excluding hydrogens is 328 g/mol. The van der Waals surface area contributed by atoms with Crippen LogP contribution >= 0.6 is 0 Å². The number of benzene rings is 2. The SMILES string of the molecule is CN1C[C@@]2(CCN(C(=O)Cc3ccc(-c4ccccc4)cc3)C2)OC1=O. The second kappa shape index (κ2) is 6.48. The summed E-state index contributed by atoms with van der Waals surface area (Å²) in [6.45, 7) is 1.69. The predicted octanol–water partition coefficient (Wildman–Crippen LogP) is 2.95. The van der Waals surface area contributed by atoms with Gasteiger partial charge in [-0.1, -0.05) is 54.6 Å². The number of carbonyl (C=O) groups excluding carboxylic acids is 2. The van der Waals surface area contributed by atoms with Crippen molar-refractivity contribution in [2.75, 3.05) is 26.7 Å². The van der Waals surface area contributed by atoms with Crippen molar-refractivity contribution in [3.63, 3.8) is 0 Å². The molecule has 2 aromatic rings. The van der Waals surface area contributed by atoms with Gasteiger partial charge in [-0.15, -0.1) is 0 Å². The van der Waals surface area contributed by atoms with E-state index >= 15 is 0 Å². The average Bonchev–Trinajstić information content (AvgIpc) is 3.19. The number of rotatable bonds is 3. The Morgan fingerprint density at radius 2 is 1.73 bits per heavy atom. The Bertz CT molecular complexity index is 819. The molecule has 5 nitrogen and oxygen atoms in total. The summed E-state index contributed by atoms with van der Waals surface area (Å²) in [6.07, 6.45) is 0.785. The molecule has 1 spiro atoms. The molecule has 0 aliphatic carbocycles. The molecule has 134 valence electrons. The van der Waals surface area contributed by atoms with Crippen molar-refractivity contribution >= 4 is 12.0 Å². The van der Waals surface area contributed by atoms with Gasteiger partial charge in [-0.3, -0.25) is 4.79 Å². The largest absolute Gasteiger partial charge is 0.439 e. The Kier molecular flexibility index (Phi) is 4.15. The molecule has 2 heterocycles. The van der Waals surface area contributed by atoms with E-state index in [9.17, 15) is 9.59 Å². The molecule has 26 heavy (non-hydrogen) atoms. The maximum Gasteiger partial charge on any atom is 0.410 e. The van der Waals surface area contributed by atoms with Crippen LogP contribution in [0.5, 0.6) is 0 Å². The fourth-order valence-corrected chi connectivity index (χ4v) is 3.79. The van der Waals surface area contributed by atoms with E-state index in [-0.39, 0.29) is 12.0 Å². The molecule has 0 aromatic heterocycles. The predicted molar refractivity (Wildman–Crippen MR) is 98.6 cm³/mol. The molecule has 2 aromatic carbocycles. The van der Waals surface area contributed by atoms with Gasteiger partial charge < -0.3 is 14.5 Å². The summed E-state index contributed by atoms with van der Waals surface area (Å²) in [6, 6.07) is 18.3. The van der Waals surface area contributed by atoms with E-state index in [0.29, 0.717) is 32.5 Å². The lowest BCUT2D eigenvalue weighted by molar-refractivity contribution is -0.130. The molecule has 5 heteroatoms. The summed E-state index contributed by atoms with van der Waals surface area (Å²) in [4.78, 5) is 27.7. The normalized spacial score (nSPS) is 22.1. The van der Waals surface area contributed by atoms with Crippen molar-refractivity contribution in [3.05, 3.63) is 60.2 Å². The lowest BCUT2D eigenvalue weighted by Gasteiger charge is -2.21. The number of hydrogen-bond acceptors (Lipinski definition) is 3. The monoisotopic (exact) mass is 350 g/mol. The Balaban J connectivity index is 1.39. The van der Waals surface area contributed by atoms with Crippen molar-refractivity contribution in [3.8, 4) is 11.1 Å². The highest BCUT2D eigenvalue weighted by atomic mass is 16.6. The van der Waals surface area contributed by atoms with Crippen molar-refractivity contribution in [2.24, 2.45) is 0 Å². The number of nitrogens with zero attached hydrogens (tertiary/aromatic N) is 2. The van der Waals surface area contributed by atoms with Gasteiger partial charge in [0.15, 0.2) is 5.60 Å². The summed E-state index contributed by atoms with van der Waals surface area (Å²) in [5, 5.41) is 0. The fraction of sp³-hybridized carbons (Fsp3) is 0.333. The average molecular weight is 350 g/mol. The molecule has 2 aliphatic rings. The third-order valence-corrected chi connectivity index (χ3v) is 5.23. The molecule has 0 saturated carbocycles. The van der Waals surface area contributed by atoms with Gasteiger partial charge in [0.25, 0.3) is 0 Å². The van der Waals surface area contributed by atoms with Gasteiger partial charge in [0.2, 0.25) is 5.91 Å². The van der Waals surface area contributed by atoms with E-state index in [1.807, 2.05) is 35.2 Å². The maximum absolute atomic E-state index is 12.6. The van der Waals surface area contributed by atoms with Gasteiger partial charge in [0.1, 0.15) is 0 Å². The number of hydrogen-bond donors (Lipinski definition) is 0. The Morgan fingerprint density at radius 3 is 2.38 bits per heavy atom. The van der Waals surface area contributed by atoms with E-state index in [4.69, 9.17) is 4.74 Å². The Hall–Kier alpha value is -2.82. The first-order valence-electron chi connectivity index (χ1n) is 8.91. The smallest absolute Gasteiger partial charge is 0.410 e. The first-order chi connectivity index (χ1) is 12.5. The number of carbonyl (C=O) groups is 2. The van der Waals surface area contributed by atoms with Crippen molar-refractivity contribution in [2.45, 2.75) is 18.4 Å². The second-order valence-corrected chi connectivity index (χ2v) is 7.21. The minimum absolute atomic E-state index is 0.0833. The van der Waals surface area contributed by atoms with Crippen molar-refractivity contribution in [1.82, 2.24) is 9.80 Å². The van der Waals surface area contributed by atoms with Crippen LogP contribution in [0.3, 0.4) is 0 Å². The molecule has 4 rings (SSSR count). The lowest BCUT2D eigenvalue weighted by Crippen LogP contribution is -2.39. The molecule has 2 saturated heterocycles. The minimum Gasteiger partial charge on any atom is -0.439 e.